The number of carbonyl (C=O) groups excluding carboxylic acids is 2. The summed E-state index contributed by atoms with van der Waals surface area (Å²) < 4.78 is 40.7. The van der Waals surface area contributed by atoms with Gasteiger partial charge in [0.2, 0.25) is 12.7 Å². The highest BCUT2D eigenvalue weighted by Crippen LogP contribution is 2.32. The molecule has 2 N–H and O–H groups in total. The smallest absolute Gasteiger partial charge is 0.454 e. The molecule has 0 aliphatic carbocycles. The Balaban J connectivity index is 1.18. The van der Waals surface area contributed by atoms with E-state index < -0.39 is 11.6 Å². The lowest BCUT2D eigenvalue weighted by atomic mass is 10.1. The van der Waals surface area contributed by atoms with E-state index in [1.807, 2.05) is 18.2 Å². The summed E-state index contributed by atoms with van der Waals surface area (Å²) >= 11 is 4.77. The molecule has 3 aliphatic rings. The van der Waals surface area contributed by atoms with Crippen LogP contribution in [0.5, 0.6) is 17.2 Å². The summed E-state index contributed by atoms with van der Waals surface area (Å²) in [6, 6.07) is 10.9. The normalized spacial score (nSPS) is 24.6. The Hall–Kier alpha value is -2.95. The van der Waals surface area contributed by atoms with Crippen LogP contribution >= 0.6 is 11.6 Å². The van der Waals surface area contributed by atoms with Gasteiger partial charge in [0.05, 0.1) is 12.1 Å². The van der Waals surface area contributed by atoms with Crippen molar-refractivity contribution < 1.29 is 42.4 Å². The third-order valence-corrected chi connectivity index (χ3v) is 6.54. The molecule has 2 amide bonds. The topological polar surface area (TPSA) is 74.0 Å². The number of hydrogen-bond acceptors (Lipinski definition) is 5. The maximum Gasteiger partial charge on any atom is 0.487 e. The Morgan fingerprint density at radius 3 is 2.44 bits per heavy atom. The van der Waals surface area contributed by atoms with Gasteiger partial charge in [-0.15, -0.1) is 8.78 Å². The molecule has 0 spiro atoms. The number of amides is 2. The van der Waals surface area contributed by atoms with Crippen LogP contribution in [0.25, 0.3) is 0 Å². The fraction of sp³-hybridized carbons (Fsp3) is 0.391. The molecule has 1 atom stereocenters. The molecule has 2 fully saturated rings. The third kappa shape index (κ3) is 4.79. The second-order valence-corrected chi connectivity index (χ2v) is 9.08. The van der Waals surface area contributed by atoms with E-state index in [4.69, 9.17) is 21.1 Å². The number of fused-ring (bicyclic) bond motifs is 1. The summed E-state index contributed by atoms with van der Waals surface area (Å²) in [5.74, 6) is 0.810. The Kier molecular flexibility index (Phi) is 6.05. The maximum atomic E-state index is 13.1. The lowest BCUT2D eigenvalue weighted by Gasteiger charge is -2.32. The monoisotopic (exact) mass is 495 g/mol. The Bertz CT molecular complexity index is 1090. The van der Waals surface area contributed by atoms with Crippen LogP contribution in [0.15, 0.2) is 42.5 Å². The van der Waals surface area contributed by atoms with Crippen molar-refractivity contribution in [2.24, 2.45) is 0 Å². The van der Waals surface area contributed by atoms with Crippen LogP contribution < -0.4 is 28.9 Å². The van der Waals surface area contributed by atoms with Crippen molar-refractivity contribution in [2.75, 3.05) is 37.9 Å². The molecule has 0 radical (unpaired) electrons. The van der Waals surface area contributed by atoms with E-state index in [2.05, 4.69) is 4.74 Å². The van der Waals surface area contributed by atoms with Crippen molar-refractivity contribution in [1.82, 2.24) is 0 Å². The minimum atomic E-state index is -3.83. The standard InChI is InChI=1S/C23H22ClF2N3O5/c24-23(25,26)34-17-4-2-16(3-5-17)29-21(30)12-18(22(29)31)28-9-7-27(8-10-28)13-15-1-6-19-20(11-15)33-14-32-19/h1-6,11,18H,7-10,12-14H2/p+2/t18-/m0/s1. The number of carbonyl (C=O) groups is 2. The third-order valence-electron chi connectivity index (χ3n) is 6.46. The SMILES string of the molecule is O=C1C[C@H]([NH+]2CC[NH+](Cc3ccc4c(c3)OCO4)CC2)C(=O)N1c1ccc(OC(F)(F)Cl)cc1. The molecule has 0 bridgehead atoms. The summed E-state index contributed by atoms with van der Waals surface area (Å²) in [6.45, 7) is 4.40. The number of imide groups is 1. The molecule has 2 aromatic carbocycles. The molecule has 180 valence electrons. The van der Waals surface area contributed by atoms with E-state index in [-0.39, 0.29) is 30.8 Å². The van der Waals surface area contributed by atoms with Gasteiger partial charge >= 0.3 is 5.57 Å². The van der Waals surface area contributed by atoms with Crippen molar-refractivity contribution in [3.05, 3.63) is 48.0 Å². The fourth-order valence-electron chi connectivity index (χ4n) is 4.81. The van der Waals surface area contributed by atoms with Gasteiger partial charge < -0.3 is 24.0 Å². The van der Waals surface area contributed by atoms with Crippen LogP contribution in [0.4, 0.5) is 14.5 Å². The van der Waals surface area contributed by atoms with Crippen molar-refractivity contribution in [3.8, 4) is 17.2 Å². The summed E-state index contributed by atoms with van der Waals surface area (Å²) in [7, 11) is 0. The van der Waals surface area contributed by atoms with Crippen LogP contribution in [0.1, 0.15) is 12.0 Å². The second-order valence-electron chi connectivity index (χ2n) is 8.64. The summed E-state index contributed by atoms with van der Waals surface area (Å²) in [5.41, 5.74) is -2.34. The Morgan fingerprint density at radius 2 is 1.74 bits per heavy atom. The largest absolute Gasteiger partial charge is 0.487 e. The maximum absolute atomic E-state index is 13.1. The quantitative estimate of drug-likeness (QED) is 0.442. The summed E-state index contributed by atoms with van der Waals surface area (Å²) in [6.07, 6.45) is 0.129. The van der Waals surface area contributed by atoms with Crippen molar-refractivity contribution in [2.45, 2.75) is 24.6 Å². The van der Waals surface area contributed by atoms with E-state index in [1.165, 1.54) is 34.7 Å². The first-order valence-electron chi connectivity index (χ1n) is 11.1. The van der Waals surface area contributed by atoms with Gasteiger partial charge in [0.25, 0.3) is 5.91 Å². The zero-order valence-corrected chi connectivity index (χ0v) is 18.9. The lowest BCUT2D eigenvalue weighted by Crippen LogP contribution is -3.29. The molecule has 2 saturated heterocycles. The summed E-state index contributed by atoms with van der Waals surface area (Å²) in [4.78, 5) is 29.4. The van der Waals surface area contributed by atoms with E-state index in [9.17, 15) is 18.4 Å². The van der Waals surface area contributed by atoms with Gasteiger partial charge in [-0.1, -0.05) is 0 Å². The first-order chi connectivity index (χ1) is 16.3. The number of nitrogens with one attached hydrogen (secondary N) is 2. The van der Waals surface area contributed by atoms with Gasteiger partial charge in [0.1, 0.15) is 38.5 Å². The average Bonchev–Trinajstić information content (AvgIpc) is 3.37. The first kappa shape index (κ1) is 22.8. The molecule has 3 heterocycles. The Morgan fingerprint density at radius 1 is 1.03 bits per heavy atom. The lowest BCUT2D eigenvalue weighted by molar-refractivity contribution is -1.02. The minimum Gasteiger partial charge on any atom is -0.454 e. The number of halogens is 3. The second kappa shape index (κ2) is 9.01. The van der Waals surface area contributed by atoms with Gasteiger partial charge in [-0.2, -0.15) is 0 Å². The van der Waals surface area contributed by atoms with Crippen LogP contribution in [-0.4, -0.2) is 56.4 Å². The highest BCUT2D eigenvalue weighted by molar-refractivity contribution is 6.22. The minimum absolute atomic E-state index is 0.129. The predicted molar refractivity (Wildman–Crippen MR) is 116 cm³/mol. The highest BCUT2D eigenvalue weighted by atomic mass is 35.5. The van der Waals surface area contributed by atoms with Crippen molar-refractivity contribution in [1.29, 1.82) is 0 Å². The molecule has 0 aromatic heterocycles. The molecule has 5 rings (SSSR count). The number of nitrogens with zero attached hydrogens (tertiary/aromatic N) is 1. The molecular formula is C23H24ClF2N3O5+2. The van der Waals surface area contributed by atoms with Crippen molar-refractivity contribution >= 4 is 29.1 Å². The molecule has 0 saturated carbocycles. The fourth-order valence-corrected chi connectivity index (χ4v) is 4.90. The molecule has 8 nitrogen and oxygen atoms in total. The van der Waals surface area contributed by atoms with Gasteiger partial charge in [0.15, 0.2) is 17.5 Å². The molecule has 34 heavy (non-hydrogen) atoms. The van der Waals surface area contributed by atoms with Gasteiger partial charge in [-0.05, 0) is 42.5 Å². The van der Waals surface area contributed by atoms with E-state index in [1.54, 1.807) is 0 Å². The zero-order chi connectivity index (χ0) is 23.9. The average molecular weight is 496 g/mol. The van der Waals surface area contributed by atoms with Crippen LogP contribution in [0, 0.1) is 0 Å². The number of quaternary nitrogens is 2. The van der Waals surface area contributed by atoms with Gasteiger partial charge in [-0.3, -0.25) is 9.59 Å². The molecule has 0 unspecified atom stereocenters. The number of piperazine rings is 1. The predicted octanol–water partition coefficient (Wildman–Crippen LogP) is 0.199. The van der Waals surface area contributed by atoms with Crippen LogP contribution in [0.3, 0.4) is 0 Å². The van der Waals surface area contributed by atoms with E-state index in [0.29, 0.717) is 5.69 Å². The number of ether oxygens (including phenoxy) is 3. The molecule has 3 aliphatic heterocycles. The van der Waals surface area contributed by atoms with Crippen molar-refractivity contribution in [3.63, 3.8) is 0 Å². The van der Waals surface area contributed by atoms with Gasteiger partial charge in [-0.25, -0.2) is 4.90 Å². The van der Waals surface area contributed by atoms with Gasteiger partial charge in [0, 0.05) is 17.2 Å². The number of benzene rings is 2. The van der Waals surface area contributed by atoms with E-state index >= 15 is 0 Å². The zero-order valence-electron chi connectivity index (χ0n) is 18.2. The number of alkyl halides is 3. The van der Waals surface area contributed by atoms with E-state index in [0.717, 1.165) is 54.0 Å². The first-order valence-corrected chi connectivity index (χ1v) is 11.4. The number of hydrogen-bond donors (Lipinski definition) is 2. The molecule has 11 heteroatoms. The molecular weight excluding hydrogens is 472 g/mol. The van der Waals surface area contributed by atoms with Crippen LogP contribution in [0.2, 0.25) is 0 Å². The highest BCUT2D eigenvalue weighted by Gasteiger charge is 2.47. The Labute approximate surface area is 199 Å². The summed E-state index contributed by atoms with van der Waals surface area (Å²) in [5, 5.41) is 0. The molecule has 2 aromatic rings. The van der Waals surface area contributed by atoms with Crippen LogP contribution in [-0.2, 0) is 16.1 Å². The number of anilines is 1. The number of rotatable bonds is 6.